The molecule has 2 nitrogen and oxygen atoms in total. The fourth-order valence-electron chi connectivity index (χ4n) is 0.492. The molecule has 66 valence electrons. The lowest BCUT2D eigenvalue weighted by atomic mass is 10.5. The maximum Gasteiger partial charge on any atom is 0.184 e. The molecule has 0 aromatic carbocycles. The normalized spacial score (nSPS) is 13.4. The molecule has 0 aliphatic carbocycles. The van der Waals surface area contributed by atoms with E-state index < -0.39 is 8.32 Å². The Morgan fingerprint density at radius 3 is 2.27 bits per heavy atom. The second-order valence-corrected chi connectivity index (χ2v) is 7.96. The highest BCUT2D eigenvalue weighted by Crippen LogP contribution is 2.03. The third kappa shape index (κ3) is 7.62. The van der Waals surface area contributed by atoms with Crippen LogP contribution in [-0.4, -0.2) is 22.0 Å². The van der Waals surface area contributed by atoms with Crippen molar-refractivity contribution >= 4 is 8.32 Å². The van der Waals surface area contributed by atoms with Crippen LogP contribution in [0.15, 0.2) is 11.8 Å². The van der Waals surface area contributed by atoms with Gasteiger partial charge in [0.25, 0.3) is 0 Å². The van der Waals surface area contributed by atoms with Crippen LogP contribution in [0.5, 0.6) is 0 Å². The Morgan fingerprint density at radius 1 is 1.36 bits per heavy atom. The Bertz CT molecular complexity index is 136. The first kappa shape index (κ1) is 10.7. The summed E-state index contributed by atoms with van der Waals surface area (Å²) >= 11 is 0. The molecule has 0 saturated heterocycles. The second kappa shape index (κ2) is 4.57. The highest BCUT2D eigenvalue weighted by molar-refractivity contribution is 6.69. The zero-order chi connectivity index (χ0) is 8.91. The topological polar surface area (TPSA) is 18.5 Å². The molecule has 0 aliphatic heterocycles. The number of rotatable bonds is 4. The summed E-state index contributed by atoms with van der Waals surface area (Å²) in [5.74, 6) is 0.920. The first-order valence-corrected chi connectivity index (χ1v) is 7.21. The molecule has 0 spiro atoms. The average molecular weight is 174 g/mol. The third-order valence-electron chi connectivity index (χ3n) is 1.21. The predicted molar refractivity (Wildman–Crippen MR) is 50.1 cm³/mol. The van der Waals surface area contributed by atoms with E-state index in [9.17, 15) is 0 Å². The summed E-state index contributed by atoms with van der Waals surface area (Å²) in [5, 5.41) is 0. The molecule has 0 N–H and O–H groups in total. The average Bonchev–Trinajstić information content (AvgIpc) is 1.85. The largest absolute Gasteiger partial charge is 0.502 e. The van der Waals surface area contributed by atoms with Crippen molar-refractivity contribution in [2.75, 3.05) is 13.7 Å². The smallest absolute Gasteiger partial charge is 0.184 e. The van der Waals surface area contributed by atoms with E-state index in [1.54, 1.807) is 7.11 Å². The van der Waals surface area contributed by atoms with Gasteiger partial charge in [-0.1, -0.05) is 0 Å². The molecular formula is C8H18O2Si. The molecule has 0 unspecified atom stereocenters. The van der Waals surface area contributed by atoms with E-state index in [1.807, 2.05) is 13.0 Å². The number of methoxy groups -OCH3 is 1. The zero-order valence-corrected chi connectivity index (χ0v) is 9.10. The Hall–Kier alpha value is -0.283. The van der Waals surface area contributed by atoms with Crippen LogP contribution in [-0.2, 0) is 9.16 Å². The minimum atomic E-state index is -1.34. The van der Waals surface area contributed by atoms with Crippen LogP contribution in [0.25, 0.3) is 0 Å². The maximum absolute atomic E-state index is 5.58. The van der Waals surface area contributed by atoms with E-state index >= 15 is 0 Å². The van der Waals surface area contributed by atoms with Gasteiger partial charge in [0.05, 0.1) is 19.5 Å². The molecule has 3 heteroatoms. The van der Waals surface area contributed by atoms with Gasteiger partial charge in [0, 0.05) is 0 Å². The van der Waals surface area contributed by atoms with Crippen molar-refractivity contribution in [1.82, 2.24) is 0 Å². The van der Waals surface area contributed by atoms with Crippen molar-refractivity contribution in [2.24, 2.45) is 0 Å². The van der Waals surface area contributed by atoms with E-state index in [-0.39, 0.29) is 0 Å². The lowest BCUT2D eigenvalue weighted by Gasteiger charge is -2.15. The van der Waals surface area contributed by atoms with Gasteiger partial charge < -0.3 is 9.16 Å². The highest BCUT2D eigenvalue weighted by atomic mass is 28.4. The molecule has 0 aromatic rings. The van der Waals surface area contributed by atoms with Gasteiger partial charge in [-0.05, 0) is 32.6 Å². The standard InChI is InChI=1S/C8H18O2Si/c1-8(9-2)6-7-10-11(3,4)5/h6H,7H2,1-5H3. The Labute approximate surface area is 70.3 Å². The molecule has 0 rings (SSSR count). The van der Waals surface area contributed by atoms with E-state index in [0.717, 1.165) is 5.76 Å². The number of allylic oxidation sites excluding steroid dienone is 1. The highest BCUT2D eigenvalue weighted by Gasteiger charge is 2.12. The molecule has 0 bridgehead atoms. The Balaban J connectivity index is 3.57. The second-order valence-electron chi connectivity index (χ2n) is 3.44. The lowest BCUT2D eigenvalue weighted by molar-refractivity contribution is 0.282. The SMILES string of the molecule is COC(C)=CCO[Si](C)(C)C. The molecule has 0 aromatic heterocycles. The minimum absolute atomic E-state index is 0.676. The molecular weight excluding hydrogens is 156 g/mol. The van der Waals surface area contributed by atoms with Gasteiger partial charge in [0.15, 0.2) is 8.32 Å². The van der Waals surface area contributed by atoms with E-state index in [4.69, 9.17) is 9.16 Å². The summed E-state index contributed by atoms with van der Waals surface area (Å²) in [4.78, 5) is 0. The molecule has 0 atom stereocenters. The summed E-state index contributed by atoms with van der Waals surface area (Å²) in [6, 6.07) is 0. The molecule has 0 amide bonds. The fourth-order valence-corrected chi connectivity index (χ4v) is 1.08. The van der Waals surface area contributed by atoms with Crippen LogP contribution < -0.4 is 0 Å². The monoisotopic (exact) mass is 174 g/mol. The van der Waals surface area contributed by atoms with E-state index in [1.165, 1.54) is 0 Å². The Kier molecular flexibility index (Phi) is 4.45. The summed E-state index contributed by atoms with van der Waals surface area (Å²) in [5.41, 5.74) is 0. The molecule has 0 saturated carbocycles. The van der Waals surface area contributed by atoms with Gasteiger partial charge in [-0.2, -0.15) is 0 Å². The van der Waals surface area contributed by atoms with E-state index in [0.29, 0.717) is 6.61 Å². The Morgan fingerprint density at radius 2 is 1.91 bits per heavy atom. The number of ether oxygens (including phenoxy) is 1. The quantitative estimate of drug-likeness (QED) is 0.481. The van der Waals surface area contributed by atoms with E-state index in [2.05, 4.69) is 19.6 Å². The van der Waals surface area contributed by atoms with Crippen molar-refractivity contribution in [2.45, 2.75) is 26.6 Å². The van der Waals surface area contributed by atoms with Gasteiger partial charge in [0.1, 0.15) is 0 Å². The summed E-state index contributed by atoms with van der Waals surface area (Å²) in [6.45, 7) is 9.11. The van der Waals surface area contributed by atoms with Crippen molar-refractivity contribution in [3.8, 4) is 0 Å². The van der Waals surface area contributed by atoms with Crippen molar-refractivity contribution in [1.29, 1.82) is 0 Å². The van der Waals surface area contributed by atoms with Crippen LogP contribution in [0.4, 0.5) is 0 Å². The summed E-state index contributed by atoms with van der Waals surface area (Å²) in [7, 11) is 0.330. The van der Waals surface area contributed by atoms with Crippen molar-refractivity contribution in [3.63, 3.8) is 0 Å². The molecule has 0 fully saturated rings. The first-order chi connectivity index (χ1) is 4.95. The summed E-state index contributed by atoms with van der Waals surface area (Å²) in [6.07, 6.45) is 1.96. The van der Waals surface area contributed by atoms with Gasteiger partial charge in [0.2, 0.25) is 0 Å². The zero-order valence-electron chi connectivity index (χ0n) is 8.10. The van der Waals surface area contributed by atoms with Crippen molar-refractivity contribution < 1.29 is 9.16 Å². The predicted octanol–water partition coefficient (Wildman–Crippen LogP) is 2.39. The van der Waals surface area contributed by atoms with Crippen LogP contribution in [0.2, 0.25) is 19.6 Å². The van der Waals surface area contributed by atoms with Crippen LogP contribution in [0, 0.1) is 0 Å². The summed E-state index contributed by atoms with van der Waals surface area (Å²) < 4.78 is 10.5. The molecule has 0 aliphatic rings. The minimum Gasteiger partial charge on any atom is -0.502 e. The van der Waals surface area contributed by atoms with Gasteiger partial charge in [-0.3, -0.25) is 0 Å². The third-order valence-corrected chi connectivity index (χ3v) is 2.24. The van der Waals surface area contributed by atoms with Gasteiger partial charge in [-0.25, -0.2) is 0 Å². The fraction of sp³-hybridized carbons (Fsp3) is 0.750. The molecule has 0 radical (unpaired) electrons. The van der Waals surface area contributed by atoms with Crippen molar-refractivity contribution in [3.05, 3.63) is 11.8 Å². The number of hydrogen-bond acceptors (Lipinski definition) is 2. The van der Waals surface area contributed by atoms with Gasteiger partial charge in [-0.15, -0.1) is 0 Å². The number of hydrogen-bond donors (Lipinski definition) is 0. The maximum atomic E-state index is 5.58. The van der Waals surface area contributed by atoms with Crippen LogP contribution in [0.1, 0.15) is 6.92 Å². The lowest BCUT2D eigenvalue weighted by Crippen LogP contribution is -2.25. The van der Waals surface area contributed by atoms with Gasteiger partial charge >= 0.3 is 0 Å². The van der Waals surface area contributed by atoms with Crippen LogP contribution in [0.3, 0.4) is 0 Å². The molecule has 11 heavy (non-hydrogen) atoms. The molecule has 0 heterocycles. The first-order valence-electron chi connectivity index (χ1n) is 3.80. The van der Waals surface area contributed by atoms with Crippen LogP contribution >= 0.6 is 0 Å².